The molecule has 2 N–H and O–H groups in total. The molecule has 0 radical (unpaired) electrons. The molecule has 25 heavy (non-hydrogen) atoms. The lowest BCUT2D eigenvalue weighted by atomic mass is 10.0. The fraction of sp³-hybridized carbons (Fsp3) is 0.526. The third-order valence-corrected chi connectivity index (χ3v) is 3.98. The number of hydrogen-bond donors (Lipinski definition) is 1. The van der Waals surface area contributed by atoms with Crippen LogP contribution in [-0.2, 0) is 4.79 Å². The zero-order chi connectivity index (χ0) is 18.1. The number of rotatable bonds is 9. The topological polar surface area (TPSA) is 64.8 Å². The van der Waals surface area contributed by atoms with E-state index in [0.29, 0.717) is 24.0 Å². The second-order valence-corrected chi connectivity index (χ2v) is 6.21. The van der Waals surface area contributed by atoms with Crippen LogP contribution in [0.15, 0.2) is 24.3 Å². The number of nitrogens with zero attached hydrogens (tertiary/aromatic N) is 1. The Hall–Kier alpha value is -1.72. The summed E-state index contributed by atoms with van der Waals surface area (Å²) >= 11 is 0. The molecule has 1 unspecified atom stereocenters. The molecule has 0 fully saturated rings. The Morgan fingerprint density at radius 1 is 1.32 bits per heavy atom. The van der Waals surface area contributed by atoms with Gasteiger partial charge in [0.25, 0.3) is 5.91 Å². The van der Waals surface area contributed by atoms with Crippen LogP contribution in [0.5, 0.6) is 11.5 Å². The fourth-order valence-corrected chi connectivity index (χ4v) is 2.15. The highest BCUT2D eigenvalue weighted by Crippen LogP contribution is 2.28. The summed E-state index contributed by atoms with van der Waals surface area (Å²) in [5, 5.41) is 0. The van der Waals surface area contributed by atoms with E-state index in [1.54, 1.807) is 19.1 Å². The summed E-state index contributed by atoms with van der Waals surface area (Å²) in [4.78, 5) is 13.8. The largest absolute Gasteiger partial charge is 0.493 e. The molecule has 1 atom stereocenters. The average Bonchev–Trinajstić information content (AvgIpc) is 2.57. The molecule has 1 aromatic rings. The number of allylic oxidation sites excluding steroid dienone is 1. The molecule has 1 amide bonds. The van der Waals surface area contributed by atoms with E-state index in [9.17, 15) is 4.79 Å². The number of hydrogen-bond acceptors (Lipinski definition) is 4. The van der Waals surface area contributed by atoms with Gasteiger partial charge in [-0.05, 0) is 37.0 Å². The van der Waals surface area contributed by atoms with Crippen LogP contribution in [0.2, 0.25) is 0 Å². The molecule has 0 aliphatic carbocycles. The molecule has 0 spiro atoms. The van der Waals surface area contributed by atoms with Crippen LogP contribution < -0.4 is 15.2 Å². The zero-order valence-corrected chi connectivity index (χ0v) is 16.6. The molecule has 0 aliphatic rings. The molecule has 0 saturated heterocycles. The van der Waals surface area contributed by atoms with Gasteiger partial charge < -0.3 is 20.1 Å². The van der Waals surface area contributed by atoms with Gasteiger partial charge in [0.05, 0.1) is 7.11 Å². The molecular formula is C19H31ClN2O3. The van der Waals surface area contributed by atoms with Gasteiger partial charge in [-0.2, -0.15) is 0 Å². The average molecular weight is 371 g/mol. The van der Waals surface area contributed by atoms with Crippen molar-refractivity contribution in [1.82, 2.24) is 4.90 Å². The van der Waals surface area contributed by atoms with Gasteiger partial charge in [0.2, 0.25) is 0 Å². The smallest absolute Gasteiger partial charge is 0.260 e. The van der Waals surface area contributed by atoms with Crippen molar-refractivity contribution in [3.8, 4) is 11.5 Å². The second kappa shape index (κ2) is 11.8. The van der Waals surface area contributed by atoms with Crippen molar-refractivity contribution < 1.29 is 14.3 Å². The van der Waals surface area contributed by atoms with Crippen molar-refractivity contribution in [1.29, 1.82) is 0 Å². The van der Waals surface area contributed by atoms with E-state index < -0.39 is 0 Å². The molecule has 0 aromatic heterocycles. The Balaban J connectivity index is 0.00000576. The van der Waals surface area contributed by atoms with Crippen molar-refractivity contribution in [3.05, 3.63) is 29.8 Å². The normalized spacial score (nSPS) is 12.0. The Kier molecular flexibility index (Phi) is 11.0. The zero-order valence-electron chi connectivity index (χ0n) is 15.8. The maximum absolute atomic E-state index is 12.2. The SMILES string of the molecule is C/C=C/c1ccc(OCC(=O)N(C)CCC(N)C(C)C)c(OC)c1.Cl. The molecule has 6 heteroatoms. The standard InChI is InChI=1S/C19H30N2O3.ClH/c1-6-7-15-8-9-17(18(12-15)23-5)24-13-19(22)21(4)11-10-16(20)14(2)3;/h6-9,12,14,16H,10-11,13,20H2,1-5H3;1H/b7-6+;. The molecule has 5 nitrogen and oxygen atoms in total. The van der Waals surface area contributed by atoms with Gasteiger partial charge in [-0.15, -0.1) is 12.4 Å². The van der Waals surface area contributed by atoms with Gasteiger partial charge >= 0.3 is 0 Å². The van der Waals surface area contributed by atoms with E-state index in [1.807, 2.05) is 37.3 Å². The van der Waals surface area contributed by atoms with Gasteiger partial charge in [0.1, 0.15) is 0 Å². The van der Waals surface area contributed by atoms with E-state index in [-0.39, 0.29) is 31.0 Å². The lowest BCUT2D eigenvalue weighted by Gasteiger charge is -2.22. The Morgan fingerprint density at radius 2 is 2.00 bits per heavy atom. The molecular weight excluding hydrogens is 340 g/mol. The molecule has 0 heterocycles. The predicted octanol–water partition coefficient (Wildman–Crippen LogP) is 3.36. The van der Waals surface area contributed by atoms with E-state index in [2.05, 4.69) is 13.8 Å². The second-order valence-electron chi connectivity index (χ2n) is 6.21. The fourth-order valence-electron chi connectivity index (χ4n) is 2.15. The van der Waals surface area contributed by atoms with E-state index >= 15 is 0 Å². The van der Waals surface area contributed by atoms with Gasteiger partial charge in [0, 0.05) is 19.6 Å². The van der Waals surface area contributed by atoms with Gasteiger partial charge in [-0.1, -0.05) is 32.1 Å². The lowest BCUT2D eigenvalue weighted by Crippen LogP contribution is -2.36. The molecule has 1 rings (SSSR count). The monoisotopic (exact) mass is 370 g/mol. The van der Waals surface area contributed by atoms with Crippen LogP contribution in [0, 0.1) is 5.92 Å². The van der Waals surface area contributed by atoms with Crippen molar-refractivity contribution >= 4 is 24.4 Å². The quantitative estimate of drug-likeness (QED) is 0.723. The van der Waals surface area contributed by atoms with Crippen LogP contribution in [0.4, 0.5) is 0 Å². The maximum Gasteiger partial charge on any atom is 0.260 e. The molecule has 0 aliphatic heterocycles. The summed E-state index contributed by atoms with van der Waals surface area (Å²) < 4.78 is 11.0. The first-order valence-electron chi connectivity index (χ1n) is 8.32. The van der Waals surface area contributed by atoms with Crippen LogP contribution >= 0.6 is 12.4 Å². The highest BCUT2D eigenvalue weighted by Gasteiger charge is 2.14. The van der Waals surface area contributed by atoms with Gasteiger partial charge in [0.15, 0.2) is 18.1 Å². The van der Waals surface area contributed by atoms with E-state index in [0.717, 1.165) is 12.0 Å². The van der Waals surface area contributed by atoms with Crippen LogP contribution in [0.25, 0.3) is 6.08 Å². The van der Waals surface area contributed by atoms with E-state index in [1.165, 1.54) is 0 Å². The molecule has 0 saturated carbocycles. The molecule has 1 aromatic carbocycles. The van der Waals surface area contributed by atoms with Crippen molar-refractivity contribution in [2.24, 2.45) is 11.7 Å². The first kappa shape index (κ1) is 23.3. The minimum absolute atomic E-state index is 0. The number of halogens is 1. The summed E-state index contributed by atoms with van der Waals surface area (Å²) in [6, 6.07) is 5.72. The van der Waals surface area contributed by atoms with Crippen molar-refractivity contribution in [2.45, 2.75) is 33.2 Å². The number of ether oxygens (including phenoxy) is 2. The summed E-state index contributed by atoms with van der Waals surface area (Å²) in [6.45, 7) is 6.72. The van der Waals surface area contributed by atoms with Crippen LogP contribution in [0.3, 0.4) is 0 Å². The molecule has 0 bridgehead atoms. The first-order valence-corrected chi connectivity index (χ1v) is 8.32. The number of amides is 1. The highest BCUT2D eigenvalue weighted by atomic mass is 35.5. The third-order valence-electron chi connectivity index (χ3n) is 3.98. The summed E-state index contributed by atoms with van der Waals surface area (Å²) in [5.74, 6) is 1.50. The number of carbonyl (C=O) groups excluding carboxylic acids is 1. The van der Waals surface area contributed by atoms with E-state index in [4.69, 9.17) is 15.2 Å². The maximum atomic E-state index is 12.2. The Labute approximate surface area is 157 Å². The lowest BCUT2D eigenvalue weighted by molar-refractivity contribution is -0.132. The number of carbonyl (C=O) groups is 1. The van der Waals surface area contributed by atoms with Gasteiger partial charge in [-0.25, -0.2) is 0 Å². The minimum Gasteiger partial charge on any atom is -0.493 e. The predicted molar refractivity (Wildman–Crippen MR) is 106 cm³/mol. The third kappa shape index (κ3) is 7.80. The first-order chi connectivity index (χ1) is 11.4. The van der Waals surface area contributed by atoms with Gasteiger partial charge in [-0.3, -0.25) is 4.79 Å². The highest BCUT2D eigenvalue weighted by molar-refractivity contribution is 5.85. The minimum atomic E-state index is -0.0782. The number of benzene rings is 1. The summed E-state index contributed by atoms with van der Waals surface area (Å²) in [5.41, 5.74) is 7.04. The van der Waals surface area contributed by atoms with Crippen molar-refractivity contribution in [3.63, 3.8) is 0 Å². The summed E-state index contributed by atoms with van der Waals surface area (Å²) in [6.07, 6.45) is 4.71. The van der Waals surface area contributed by atoms with Crippen LogP contribution in [-0.4, -0.2) is 44.2 Å². The van der Waals surface area contributed by atoms with Crippen LogP contribution in [0.1, 0.15) is 32.8 Å². The van der Waals surface area contributed by atoms with Crippen molar-refractivity contribution in [2.75, 3.05) is 27.3 Å². The molecule has 142 valence electrons. The Morgan fingerprint density at radius 3 is 2.56 bits per heavy atom. The number of nitrogens with two attached hydrogens (primary N) is 1. The number of likely N-dealkylation sites (N-methyl/N-ethyl adjacent to an activating group) is 1. The summed E-state index contributed by atoms with van der Waals surface area (Å²) in [7, 11) is 3.36. The Bertz CT molecular complexity index is 562. The number of methoxy groups -OCH3 is 1.